The van der Waals surface area contributed by atoms with Crippen molar-refractivity contribution >= 4 is 72.3 Å². The molecule has 0 aromatic heterocycles. The Kier molecular flexibility index (Phi) is 12.8. The molecule has 2 rings (SSSR count). The zero-order valence-corrected chi connectivity index (χ0v) is 20.5. The maximum Gasteiger partial charge on any atom is 0.111 e. The second-order valence-corrected chi connectivity index (χ2v) is 11.9. The first-order valence-corrected chi connectivity index (χ1v) is 14.6. The van der Waals surface area contributed by atoms with Crippen LogP contribution in [0, 0.1) is 0 Å². The highest BCUT2D eigenvalue weighted by molar-refractivity contribution is 8.18. The van der Waals surface area contributed by atoms with Crippen molar-refractivity contribution in [2.24, 2.45) is 0 Å². The third-order valence-electron chi connectivity index (χ3n) is 3.84. The third kappa shape index (κ3) is 8.06. The molecule has 0 spiro atoms. The van der Waals surface area contributed by atoms with Gasteiger partial charge in [-0.3, -0.25) is 0 Å². The van der Waals surface area contributed by atoms with Gasteiger partial charge in [0.25, 0.3) is 0 Å². The van der Waals surface area contributed by atoms with Crippen LogP contribution in [0.3, 0.4) is 0 Å². The lowest BCUT2D eigenvalue weighted by Gasteiger charge is -2.34. The van der Waals surface area contributed by atoms with Crippen molar-refractivity contribution in [3.05, 3.63) is 71.8 Å². The van der Waals surface area contributed by atoms with Crippen LogP contribution in [0.15, 0.2) is 60.7 Å². The molecule has 0 saturated carbocycles. The van der Waals surface area contributed by atoms with Crippen molar-refractivity contribution in [1.29, 1.82) is 0 Å². The van der Waals surface area contributed by atoms with Gasteiger partial charge in [0.15, 0.2) is 0 Å². The van der Waals surface area contributed by atoms with Gasteiger partial charge in [-0.15, -0.1) is 23.5 Å². The van der Waals surface area contributed by atoms with Gasteiger partial charge in [-0.2, -0.15) is 48.8 Å². The molecule has 0 aliphatic rings. The fourth-order valence-corrected chi connectivity index (χ4v) is 8.35. The minimum Gasteiger partial charge on any atom is -0.179 e. The molecule has 0 unspecified atom stereocenters. The largest absolute Gasteiger partial charge is 0.179 e. The summed E-state index contributed by atoms with van der Waals surface area (Å²) >= 11 is 16.8. The number of thioether (sulfide) groups is 4. The molecule has 0 amide bonds. The van der Waals surface area contributed by atoms with E-state index in [1.54, 1.807) is 0 Å². The summed E-state index contributed by atoms with van der Waals surface area (Å²) in [4.78, 5) is 0. The Morgan fingerprint density at radius 2 is 0.963 bits per heavy atom. The summed E-state index contributed by atoms with van der Waals surface area (Å²) in [7, 11) is 0. The quantitative estimate of drug-likeness (QED) is 0.179. The van der Waals surface area contributed by atoms with Gasteiger partial charge in [-0.1, -0.05) is 60.7 Å². The van der Waals surface area contributed by atoms with Crippen molar-refractivity contribution < 1.29 is 0 Å². The predicted octanol–water partition coefficient (Wildman–Crippen LogP) is 6.68. The fraction of sp³-hybridized carbons (Fsp3) is 0.429. The lowest BCUT2D eigenvalue weighted by molar-refractivity contribution is 1.07. The summed E-state index contributed by atoms with van der Waals surface area (Å²) in [5.41, 5.74) is 2.79. The summed E-state index contributed by atoms with van der Waals surface area (Å²) < 4.78 is -0.0500. The van der Waals surface area contributed by atoms with Crippen molar-refractivity contribution in [3.63, 3.8) is 0 Å². The molecule has 0 heterocycles. The Morgan fingerprint density at radius 3 is 1.33 bits per heavy atom. The standard InChI is InChI=1S/C21H28S6/c22-11-13-24-15-17-26-21(19-7-3-1-4-8-19,20-9-5-2-6-10-20)27-18-16-25-14-12-23/h1-10,22-23H,11-18H2. The molecule has 6 heteroatoms. The number of benzene rings is 2. The molecule has 0 saturated heterocycles. The number of hydrogen-bond donors (Lipinski definition) is 2. The van der Waals surface area contributed by atoms with E-state index < -0.39 is 0 Å². The van der Waals surface area contributed by atoms with Gasteiger partial charge in [-0.25, -0.2) is 0 Å². The normalized spacial score (nSPS) is 11.6. The zero-order chi connectivity index (χ0) is 19.2. The monoisotopic (exact) mass is 472 g/mol. The van der Waals surface area contributed by atoms with Crippen LogP contribution in [0.4, 0.5) is 0 Å². The average Bonchev–Trinajstić information content (AvgIpc) is 2.73. The van der Waals surface area contributed by atoms with Crippen molar-refractivity contribution in [1.82, 2.24) is 0 Å². The Bertz CT molecular complexity index is 549. The maximum absolute atomic E-state index is 4.33. The smallest absolute Gasteiger partial charge is 0.111 e. The average molecular weight is 473 g/mol. The topological polar surface area (TPSA) is 0 Å². The Balaban J connectivity index is 2.21. The molecule has 0 nitrogen and oxygen atoms in total. The van der Waals surface area contributed by atoms with Crippen LogP contribution in [0.25, 0.3) is 0 Å². The van der Waals surface area contributed by atoms with E-state index in [1.807, 2.05) is 23.5 Å². The first-order valence-electron chi connectivity index (χ1n) is 9.09. The van der Waals surface area contributed by atoms with E-state index in [4.69, 9.17) is 0 Å². The van der Waals surface area contributed by atoms with Gasteiger partial charge in [0, 0.05) is 34.5 Å². The lowest BCUT2D eigenvalue weighted by atomic mass is 10.0. The van der Waals surface area contributed by atoms with E-state index in [9.17, 15) is 0 Å². The summed E-state index contributed by atoms with van der Waals surface area (Å²) in [5.74, 6) is 8.77. The number of thiol groups is 2. The van der Waals surface area contributed by atoms with Crippen molar-refractivity contribution in [3.8, 4) is 0 Å². The van der Waals surface area contributed by atoms with Gasteiger partial charge < -0.3 is 0 Å². The van der Waals surface area contributed by atoms with Crippen LogP contribution < -0.4 is 0 Å². The van der Waals surface area contributed by atoms with Gasteiger partial charge in [0.1, 0.15) is 4.08 Å². The van der Waals surface area contributed by atoms with E-state index in [0.29, 0.717) is 0 Å². The molecule has 2 aromatic carbocycles. The second kappa shape index (κ2) is 14.5. The van der Waals surface area contributed by atoms with Crippen LogP contribution in [0.5, 0.6) is 0 Å². The van der Waals surface area contributed by atoms with Crippen LogP contribution in [-0.4, -0.2) is 46.0 Å². The Labute approximate surface area is 193 Å². The first kappa shape index (κ1) is 23.8. The van der Waals surface area contributed by atoms with Crippen LogP contribution in [0.1, 0.15) is 11.1 Å². The van der Waals surface area contributed by atoms with Gasteiger partial charge >= 0.3 is 0 Å². The van der Waals surface area contributed by atoms with Crippen molar-refractivity contribution in [2.75, 3.05) is 46.0 Å². The van der Waals surface area contributed by atoms with E-state index in [-0.39, 0.29) is 4.08 Å². The number of hydrogen-bond acceptors (Lipinski definition) is 6. The first-order chi connectivity index (χ1) is 13.3. The fourth-order valence-electron chi connectivity index (χ4n) is 2.68. The predicted molar refractivity (Wildman–Crippen MR) is 141 cm³/mol. The molecule has 0 N–H and O–H groups in total. The summed E-state index contributed by atoms with van der Waals surface area (Å²) in [6.07, 6.45) is 0. The maximum atomic E-state index is 4.33. The van der Waals surface area contributed by atoms with E-state index in [2.05, 4.69) is 109 Å². The molecule has 27 heavy (non-hydrogen) atoms. The summed E-state index contributed by atoms with van der Waals surface area (Å²) in [6, 6.07) is 22.0. The molecule has 0 aliphatic carbocycles. The Hall–Kier alpha value is 0.540. The highest BCUT2D eigenvalue weighted by Gasteiger charge is 2.35. The molecule has 0 radical (unpaired) electrons. The highest BCUT2D eigenvalue weighted by atomic mass is 32.2. The van der Waals surface area contributed by atoms with E-state index in [1.165, 1.54) is 22.6 Å². The molecular formula is C21H28S6. The summed E-state index contributed by atoms with van der Waals surface area (Å²) in [5, 5.41) is 0. The van der Waals surface area contributed by atoms with Gasteiger partial charge in [-0.05, 0) is 22.6 Å². The second-order valence-electron chi connectivity index (χ2n) is 5.72. The minimum absolute atomic E-state index is 0.0500. The molecular weight excluding hydrogens is 445 g/mol. The molecule has 0 aliphatic heterocycles. The summed E-state index contributed by atoms with van der Waals surface area (Å²) in [6.45, 7) is 0. The van der Waals surface area contributed by atoms with Crippen molar-refractivity contribution in [2.45, 2.75) is 4.08 Å². The van der Waals surface area contributed by atoms with Gasteiger partial charge in [0.05, 0.1) is 0 Å². The molecule has 0 fully saturated rings. The molecule has 148 valence electrons. The van der Waals surface area contributed by atoms with Crippen LogP contribution in [0.2, 0.25) is 0 Å². The number of rotatable bonds is 14. The van der Waals surface area contributed by atoms with E-state index >= 15 is 0 Å². The lowest BCUT2D eigenvalue weighted by Crippen LogP contribution is -2.22. The highest BCUT2D eigenvalue weighted by Crippen LogP contribution is 2.52. The van der Waals surface area contributed by atoms with Crippen LogP contribution >= 0.6 is 72.3 Å². The molecule has 0 bridgehead atoms. The Morgan fingerprint density at radius 1 is 0.556 bits per heavy atom. The minimum atomic E-state index is -0.0500. The van der Waals surface area contributed by atoms with Crippen LogP contribution in [-0.2, 0) is 4.08 Å². The molecule has 2 aromatic rings. The molecule has 0 atom stereocenters. The van der Waals surface area contributed by atoms with E-state index in [0.717, 1.165) is 34.5 Å². The van der Waals surface area contributed by atoms with Gasteiger partial charge in [0.2, 0.25) is 0 Å². The SMILES string of the molecule is SCCSCCSC(SCCSCCS)(c1ccccc1)c1ccccc1. The third-order valence-corrected chi connectivity index (χ3v) is 10.7. The zero-order valence-electron chi connectivity index (χ0n) is 15.5.